The van der Waals surface area contributed by atoms with Crippen LogP contribution in [0.15, 0.2) is 47.6 Å². The van der Waals surface area contributed by atoms with Crippen molar-refractivity contribution in [3.63, 3.8) is 0 Å². The Balaban J connectivity index is 2.02. The smallest absolute Gasteiger partial charge is 0.338 e. The van der Waals surface area contributed by atoms with Crippen LogP contribution in [-0.4, -0.2) is 26.5 Å². The quantitative estimate of drug-likeness (QED) is 0.541. The van der Waals surface area contributed by atoms with E-state index in [0.717, 1.165) is 12.1 Å². The number of aromatic nitrogens is 1. The average Bonchev–Trinajstić information content (AvgIpc) is 2.73. The van der Waals surface area contributed by atoms with E-state index in [9.17, 15) is 22.0 Å². The van der Waals surface area contributed by atoms with Crippen LogP contribution in [-0.2, 0) is 21.4 Å². The van der Waals surface area contributed by atoms with Crippen molar-refractivity contribution < 1.29 is 31.5 Å². The van der Waals surface area contributed by atoms with E-state index in [1.165, 1.54) is 31.6 Å². The van der Waals surface area contributed by atoms with Crippen LogP contribution in [0.25, 0.3) is 11.1 Å². The van der Waals surface area contributed by atoms with Gasteiger partial charge in [-0.2, -0.15) is 0 Å². The van der Waals surface area contributed by atoms with Crippen LogP contribution in [0.4, 0.5) is 14.5 Å². The van der Waals surface area contributed by atoms with E-state index in [2.05, 4.69) is 9.71 Å². The molecular weight excluding hydrogens is 454 g/mol. The first-order chi connectivity index (χ1) is 14.7. The highest BCUT2D eigenvalue weighted by Gasteiger charge is 2.27. The van der Waals surface area contributed by atoms with Crippen LogP contribution in [0.3, 0.4) is 0 Å². The number of fused-ring (bicyclic) bond motifs is 6. The molecule has 7 nitrogen and oxygen atoms in total. The standard InChI is InChI=1S/C20H13ClF2N2O5S/c1-29-19-14(21)4-11-5-18(19)31(27,28)25-17-6-12(15(22)7-16(17)23)13-8-24-3-2-10(13)9-30-20(11)26/h2-8,25H,9H2,1H3. The maximum atomic E-state index is 14.6. The minimum absolute atomic E-state index is 0.130. The molecule has 1 aliphatic rings. The van der Waals surface area contributed by atoms with Crippen molar-refractivity contribution in [1.29, 1.82) is 0 Å². The van der Waals surface area contributed by atoms with E-state index in [1.807, 2.05) is 0 Å². The summed E-state index contributed by atoms with van der Waals surface area (Å²) in [6.07, 6.45) is 2.72. The maximum absolute atomic E-state index is 14.6. The minimum atomic E-state index is -4.51. The third-order valence-electron chi connectivity index (χ3n) is 4.60. The number of hydrogen-bond donors (Lipinski definition) is 1. The zero-order chi connectivity index (χ0) is 22.3. The lowest BCUT2D eigenvalue weighted by Gasteiger charge is -2.15. The second-order valence-corrected chi connectivity index (χ2v) is 8.57. The molecule has 11 heteroatoms. The number of hydrogen-bond acceptors (Lipinski definition) is 6. The van der Waals surface area contributed by atoms with Gasteiger partial charge in [-0.25, -0.2) is 22.0 Å². The van der Waals surface area contributed by atoms with Crippen LogP contribution < -0.4 is 9.46 Å². The molecule has 0 unspecified atom stereocenters. The number of nitrogens with one attached hydrogen (secondary N) is 1. The van der Waals surface area contributed by atoms with E-state index in [0.29, 0.717) is 11.6 Å². The number of ether oxygens (including phenoxy) is 2. The third kappa shape index (κ3) is 3.79. The number of rotatable bonds is 1. The van der Waals surface area contributed by atoms with Crippen LogP contribution >= 0.6 is 11.6 Å². The fraction of sp³-hybridized carbons (Fsp3) is 0.100. The number of sulfonamides is 1. The predicted octanol–water partition coefficient (Wildman–Crippen LogP) is 4.16. The maximum Gasteiger partial charge on any atom is 0.338 e. The molecule has 4 rings (SSSR count). The second kappa shape index (κ2) is 7.78. The number of nitrogens with zero attached hydrogens (tertiary/aromatic N) is 1. The highest BCUT2D eigenvalue weighted by Crippen LogP contribution is 2.37. The molecule has 0 atom stereocenters. The highest BCUT2D eigenvalue weighted by atomic mass is 35.5. The van der Waals surface area contributed by atoms with E-state index < -0.39 is 38.2 Å². The van der Waals surface area contributed by atoms with Gasteiger partial charge in [-0.15, -0.1) is 0 Å². The summed E-state index contributed by atoms with van der Waals surface area (Å²) in [5.74, 6) is -3.21. The largest absolute Gasteiger partial charge is 0.494 e. The lowest BCUT2D eigenvalue weighted by molar-refractivity contribution is 0.0473. The summed E-state index contributed by atoms with van der Waals surface area (Å²) in [4.78, 5) is 16.0. The Morgan fingerprint density at radius 3 is 2.68 bits per heavy atom. The van der Waals surface area contributed by atoms with Crippen molar-refractivity contribution in [2.45, 2.75) is 11.5 Å². The first-order valence-electron chi connectivity index (χ1n) is 8.71. The Labute approximate surface area is 180 Å². The first-order valence-corrected chi connectivity index (χ1v) is 10.6. The normalized spacial score (nSPS) is 14.8. The van der Waals surface area contributed by atoms with Crippen molar-refractivity contribution in [3.05, 3.63) is 70.5 Å². The van der Waals surface area contributed by atoms with E-state index in [4.69, 9.17) is 21.1 Å². The van der Waals surface area contributed by atoms with Gasteiger partial charge in [-0.3, -0.25) is 9.71 Å². The van der Waals surface area contributed by atoms with Gasteiger partial charge in [0, 0.05) is 35.2 Å². The van der Waals surface area contributed by atoms with E-state index >= 15 is 0 Å². The monoisotopic (exact) mass is 466 g/mol. The summed E-state index contributed by atoms with van der Waals surface area (Å²) >= 11 is 6.11. The molecule has 0 amide bonds. The van der Waals surface area contributed by atoms with Gasteiger partial charge >= 0.3 is 5.97 Å². The summed E-state index contributed by atoms with van der Waals surface area (Å²) in [6.45, 7) is -0.276. The van der Waals surface area contributed by atoms with Crippen molar-refractivity contribution in [1.82, 2.24) is 4.98 Å². The fourth-order valence-electron chi connectivity index (χ4n) is 3.14. The lowest BCUT2D eigenvalue weighted by atomic mass is 10.0. The molecule has 0 fully saturated rings. The molecule has 0 saturated heterocycles. The van der Waals surface area contributed by atoms with Crippen molar-refractivity contribution in [3.8, 4) is 16.9 Å². The number of halogens is 3. The Bertz CT molecular complexity index is 1330. The number of carbonyl (C=O) groups excluding carboxylic acids is 1. The molecule has 0 spiro atoms. The molecule has 1 aliphatic heterocycles. The Hall–Kier alpha value is -3.24. The van der Waals surface area contributed by atoms with Gasteiger partial charge < -0.3 is 9.47 Å². The molecule has 0 aliphatic carbocycles. The molecule has 1 N–H and O–H groups in total. The van der Waals surface area contributed by atoms with Crippen molar-refractivity contribution in [2.24, 2.45) is 0 Å². The minimum Gasteiger partial charge on any atom is -0.494 e. The summed E-state index contributed by atoms with van der Waals surface area (Å²) in [7, 11) is -3.32. The summed E-state index contributed by atoms with van der Waals surface area (Å²) in [6, 6.07) is 5.25. The average molecular weight is 467 g/mol. The number of methoxy groups -OCH3 is 1. The summed E-state index contributed by atoms with van der Waals surface area (Å²) in [5.41, 5.74) is -0.230. The Morgan fingerprint density at radius 1 is 1.16 bits per heavy atom. The number of anilines is 1. The van der Waals surface area contributed by atoms with E-state index in [1.54, 1.807) is 0 Å². The van der Waals surface area contributed by atoms with Crippen molar-refractivity contribution >= 4 is 33.3 Å². The van der Waals surface area contributed by atoms with Gasteiger partial charge in [-0.1, -0.05) is 11.6 Å². The number of pyridine rings is 1. The summed E-state index contributed by atoms with van der Waals surface area (Å²) < 4.78 is 67.5. The molecule has 2 heterocycles. The first kappa shape index (κ1) is 21.0. The van der Waals surface area contributed by atoms with Crippen LogP contribution in [0.5, 0.6) is 5.75 Å². The molecule has 1 aromatic heterocycles. The molecular formula is C20H13ClF2N2O5S. The van der Waals surface area contributed by atoms with Gasteiger partial charge in [0.25, 0.3) is 10.0 Å². The van der Waals surface area contributed by atoms with Crippen LogP contribution in [0.2, 0.25) is 5.02 Å². The Morgan fingerprint density at radius 2 is 1.94 bits per heavy atom. The molecule has 0 saturated carbocycles. The van der Waals surface area contributed by atoms with Crippen LogP contribution in [0.1, 0.15) is 15.9 Å². The van der Waals surface area contributed by atoms with Gasteiger partial charge in [-0.05, 0) is 24.3 Å². The van der Waals surface area contributed by atoms with Crippen molar-refractivity contribution in [2.75, 3.05) is 11.8 Å². The van der Waals surface area contributed by atoms with Gasteiger partial charge in [0.1, 0.15) is 23.1 Å². The fourth-order valence-corrected chi connectivity index (χ4v) is 4.76. The number of cyclic esters (lactones) is 1. The number of carbonyl (C=O) groups is 1. The third-order valence-corrected chi connectivity index (χ3v) is 6.25. The number of benzene rings is 2. The molecule has 2 aromatic carbocycles. The molecule has 160 valence electrons. The predicted molar refractivity (Wildman–Crippen MR) is 108 cm³/mol. The number of esters is 1. The second-order valence-electron chi connectivity index (χ2n) is 6.52. The molecule has 3 aromatic rings. The zero-order valence-electron chi connectivity index (χ0n) is 15.8. The SMILES string of the molecule is COc1c(Cl)cc2cc1S(=O)(=O)Nc1cc(c(F)cc1F)-c1cnccc1COC2=O. The Kier molecular flexibility index (Phi) is 5.28. The molecule has 31 heavy (non-hydrogen) atoms. The van der Waals surface area contributed by atoms with Gasteiger partial charge in [0.2, 0.25) is 0 Å². The molecule has 0 radical (unpaired) electrons. The van der Waals surface area contributed by atoms with Gasteiger partial charge in [0.05, 0.1) is 23.4 Å². The molecule has 4 bridgehead atoms. The lowest BCUT2D eigenvalue weighted by Crippen LogP contribution is -2.16. The van der Waals surface area contributed by atoms with Gasteiger partial charge in [0.15, 0.2) is 5.75 Å². The topological polar surface area (TPSA) is 94.6 Å². The summed E-state index contributed by atoms with van der Waals surface area (Å²) in [5, 5.41) is -0.169. The highest BCUT2D eigenvalue weighted by molar-refractivity contribution is 7.92. The zero-order valence-corrected chi connectivity index (χ0v) is 17.4. The van der Waals surface area contributed by atoms with E-state index in [-0.39, 0.29) is 34.1 Å². The van der Waals surface area contributed by atoms with Crippen LogP contribution in [0, 0.1) is 11.6 Å².